The number of hydrogen-bond donors (Lipinski definition) is 2. The fourth-order valence-corrected chi connectivity index (χ4v) is 3.32. The van der Waals surface area contributed by atoms with Crippen molar-refractivity contribution < 1.29 is 22.7 Å². The van der Waals surface area contributed by atoms with Gasteiger partial charge in [-0.05, 0) is 37.1 Å². The number of nitro benzene ring substituents is 1. The van der Waals surface area contributed by atoms with Gasteiger partial charge in [0.15, 0.2) is 9.84 Å². The number of nitrogens with zero attached hydrogens (tertiary/aromatic N) is 2. The molecule has 0 spiro atoms. The van der Waals surface area contributed by atoms with E-state index in [1.807, 2.05) is 0 Å². The summed E-state index contributed by atoms with van der Waals surface area (Å²) in [6.45, 7) is 2.17. The average Bonchev–Trinajstić information content (AvgIpc) is 2.94. The first-order valence-electron chi connectivity index (χ1n) is 8.19. The van der Waals surface area contributed by atoms with E-state index in [9.17, 15) is 23.3 Å². The lowest BCUT2D eigenvalue weighted by molar-refractivity contribution is -0.384. The maximum atomic E-state index is 11.9. The molecule has 10 nitrogen and oxygen atoms in total. The number of aromatic nitrogens is 1. The lowest BCUT2D eigenvalue weighted by Crippen LogP contribution is -2.29. The third kappa shape index (κ3) is 5.67. The zero-order valence-electron chi connectivity index (χ0n) is 15.2. The van der Waals surface area contributed by atoms with E-state index in [1.165, 1.54) is 12.1 Å². The van der Waals surface area contributed by atoms with Gasteiger partial charge >= 0.3 is 0 Å². The fraction of sp³-hybridized carbons (Fsp3) is 0.375. The standard InChI is InChI=1S/C16H19ClN4O6S/c1-10-12(16(17)27-20-10)4-6-15(22)19-8-7-18-13-5-3-11(28(2,25)26)9-14(13)21(23)24/h3,5,9,18H,4,6-8H2,1-2H3,(H,19,22). The molecule has 0 radical (unpaired) electrons. The van der Waals surface area contributed by atoms with Crippen molar-refractivity contribution in [1.29, 1.82) is 0 Å². The maximum Gasteiger partial charge on any atom is 0.293 e. The number of benzene rings is 1. The largest absolute Gasteiger partial charge is 0.378 e. The van der Waals surface area contributed by atoms with E-state index in [4.69, 9.17) is 16.1 Å². The van der Waals surface area contributed by atoms with Crippen LogP contribution in [0.1, 0.15) is 17.7 Å². The van der Waals surface area contributed by atoms with Crippen LogP contribution < -0.4 is 10.6 Å². The highest BCUT2D eigenvalue weighted by molar-refractivity contribution is 7.90. The van der Waals surface area contributed by atoms with Crippen LogP contribution in [0, 0.1) is 17.0 Å². The van der Waals surface area contributed by atoms with Gasteiger partial charge in [-0.1, -0.05) is 5.16 Å². The van der Waals surface area contributed by atoms with Crippen molar-refractivity contribution in [1.82, 2.24) is 10.5 Å². The second-order valence-corrected chi connectivity index (χ2v) is 8.36. The maximum absolute atomic E-state index is 11.9. The third-order valence-electron chi connectivity index (χ3n) is 3.90. The zero-order chi connectivity index (χ0) is 20.9. The van der Waals surface area contributed by atoms with Crippen LogP contribution in [0.25, 0.3) is 0 Å². The van der Waals surface area contributed by atoms with Crippen LogP contribution in [0.4, 0.5) is 11.4 Å². The molecule has 1 aromatic heterocycles. The van der Waals surface area contributed by atoms with Gasteiger partial charge in [0.2, 0.25) is 11.1 Å². The van der Waals surface area contributed by atoms with Gasteiger partial charge in [-0.25, -0.2) is 8.42 Å². The lowest BCUT2D eigenvalue weighted by Gasteiger charge is -2.09. The molecular formula is C16H19ClN4O6S. The first kappa shape index (κ1) is 21.6. The highest BCUT2D eigenvalue weighted by atomic mass is 35.5. The summed E-state index contributed by atoms with van der Waals surface area (Å²) < 4.78 is 27.9. The molecule has 1 aromatic carbocycles. The minimum absolute atomic E-state index is 0.138. The van der Waals surface area contributed by atoms with Gasteiger partial charge in [0.25, 0.3) is 5.69 Å². The van der Waals surface area contributed by atoms with E-state index < -0.39 is 14.8 Å². The summed E-state index contributed by atoms with van der Waals surface area (Å²) in [5, 5.41) is 20.5. The predicted molar refractivity (Wildman–Crippen MR) is 102 cm³/mol. The van der Waals surface area contributed by atoms with E-state index in [1.54, 1.807) is 6.92 Å². The van der Waals surface area contributed by atoms with Crippen LogP contribution in [-0.4, -0.2) is 43.8 Å². The Morgan fingerprint density at radius 1 is 1.36 bits per heavy atom. The molecule has 0 unspecified atom stereocenters. The molecule has 28 heavy (non-hydrogen) atoms. The quantitative estimate of drug-likeness (QED) is 0.349. The first-order valence-corrected chi connectivity index (χ1v) is 10.5. The highest BCUT2D eigenvalue weighted by Crippen LogP contribution is 2.27. The van der Waals surface area contributed by atoms with Crippen molar-refractivity contribution in [3.8, 4) is 0 Å². The average molecular weight is 431 g/mol. The number of sulfone groups is 1. The van der Waals surface area contributed by atoms with Crippen molar-refractivity contribution in [3.63, 3.8) is 0 Å². The number of nitro groups is 1. The third-order valence-corrected chi connectivity index (χ3v) is 5.30. The number of nitrogens with one attached hydrogen (secondary N) is 2. The predicted octanol–water partition coefficient (Wildman–Crippen LogP) is 2.11. The molecular weight excluding hydrogens is 412 g/mol. The van der Waals surface area contributed by atoms with E-state index in [0.717, 1.165) is 12.3 Å². The van der Waals surface area contributed by atoms with Crippen molar-refractivity contribution in [2.24, 2.45) is 0 Å². The van der Waals surface area contributed by atoms with Gasteiger partial charge in [0, 0.05) is 37.4 Å². The van der Waals surface area contributed by atoms with Crippen LogP contribution in [0.3, 0.4) is 0 Å². The van der Waals surface area contributed by atoms with Crippen molar-refractivity contribution >= 4 is 38.7 Å². The molecule has 0 aliphatic carbocycles. The van der Waals surface area contributed by atoms with Crippen LogP contribution in [0.5, 0.6) is 0 Å². The Morgan fingerprint density at radius 2 is 2.07 bits per heavy atom. The number of halogens is 1. The highest BCUT2D eigenvalue weighted by Gasteiger charge is 2.18. The molecule has 2 N–H and O–H groups in total. The molecule has 0 aliphatic rings. The molecule has 0 aliphatic heterocycles. The van der Waals surface area contributed by atoms with Crippen LogP contribution >= 0.6 is 11.6 Å². The van der Waals surface area contributed by atoms with Gasteiger partial charge in [-0.2, -0.15) is 0 Å². The Labute approximate surface area is 166 Å². The van der Waals surface area contributed by atoms with E-state index in [2.05, 4.69) is 15.8 Å². The Morgan fingerprint density at radius 3 is 2.64 bits per heavy atom. The molecule has 0 bridgehead atoms. The monoisotopic (exact) mass is 430 g/mol. The van der Waals surface area contributed by atoms with Gasteiger partial charge in [0.05, 0.1) is 15.5 Å². The van der Waals surface area contributed by atoms with Gasteiger partial charge in [-0.3, -0.25) is 14.9 Å². The van der Waals surface area contributed by atoms with E-state index in [0.29, 0.717) is 17.7 Å². The Hall–Kier alpha value is -2.66. The molecule has 2 rings (SSSR count). The smallest absolute Gasteiger partial charge is 0.293 e. The summed E-state index contributed by atoms with van der Waals surface area (Å²) >= 11 is 5.84. The molecule has 12 heteroatoms. The molecule has 2 aromatic rings. The summed E-state index contributed by atoms with van der Waals surface area (Å²) in [6.07, 6.45) is 1.54. The van der Waals surface area contributed by atoms with E-state index >= 15 is 0 Å². The minimum atomic E-state index is -3.55. The number of rotatable bonds is 9. The van der Waals surface area contributed by atoms with Crippen molar-refractivity contribution in [2.75, 3.05) is 24.7 Å². The molecule has 152 valence electrons. The number of carbonyl (C=O) groups is 1. The first-order chi connectivity index (χ1) is 13.1. The van der Waals surface area contributed by atoms with Crippen LogP contribution in [-0.2, 0) is 21.1 Å². The molecule has 0 atom stereocenters. The normalized spacial score (nSPS) is 11.2. The number of aryl methyl sites for hydroxylation is 1. The number of amides is 1. The summed E-state index contributed by atoms with van der Waals surface area (Å²) in [5.41, 5.74) is 1.12. The summed E-state index contributed by atoms with van der Waals surface area (Å²) in [6, 6.07) is 3.61. The van der Waals surface area contributed by atoms with Gasteiger partial charge < -0.3 is 15.2 Å². The zero-order valence-corrected chi connectivity index (χ0v) is 16.8. The Balaban J connectivity index is 1.86. The van der Waals surface area contributed by atoms with Gasteiger partial charge in [0.1, 0.15) is 5.69 Å². The molecule has 1 amide bonds. The summed E-state index contributed by atoms with van der Waals surface area (Å²) in [5.74, 6) is -0.222. The molecule has 0 fully saturated rings. The van der Waals surface area contributed by atoms with Crippen LogP contribution in [0.2, 0.25) is 5.22 Å². The number of hydrogen-bond acceptors (Lipinski definition) is 8. The topological polar surface area (TPSA) is 144 Å². The second-order valence-electron chi connectivity index (χ2n) is 6.01. The SMILES string of the molecule is Cc1noc(Cl)c1CCC(=O)NCCNc1ccc(S(C)(=O)=O)cc1[N+](=O)[O-]. The number of carbonyl (C=O) groups excluding carboxylic acids is 1. The lowest BCUT2D eigenvalue weighted by atomic mass is 10.1. The summed E-state index contributed by atoms with van der Waals surface area (Å²) in [4.78, 5) is 22.3. The molecule has 0 saturated carbocycles. The molecule has 1 heterocycles. The molecule has 0 saturated heterocycles. The Bertz CT molecular complexity index is 970. The van der Waals surface area contributed by atoms with E-state index in [-0.39, 0.29) is 46.9 Å². The Kier molecular flexibility index (Phi) is 6.97. The second kappa shape index (κ2) is 9.02. The number of anilines is 1. The fourth-order valence-electron chi connectivity index (χ4n) is 2.41. The minimum Gasteiger partial charge on any atom is -0.378 e. The van der Waals surface area contributed by atoms with Gasteiger partial charge in [-0.15, -0.1) is 0 Å². The summed E-state index contributed by atoms with van der Waals surface area (Å²) in [7, 11) is -3.55. The van der Waals surface area contributed by atoms with Crippen molar-refractivity contribution in [2.45, 2.75) is 24.7 Å². The van der Waals surface area contributed by atoms with Crippen molar-refractivity contribution in [3.05, 3.63) is 44.8 Å². The van der Waals surface area contributed by atoms with Crippen LogP contribution in [0.15, 0.2) is 27.6 Å².